The molecular formula is C47H41N3. The molecule has 7 aromatic carbocycles. The van der Waals surface area contributed by atoms with Crippen LogP contribution >= 0.6 is 0 Å². The van der Waals surface area contributed by atoms with E-state index in [-0.39, 0.29) is 0 Å². The van der Waals surface area contributed by atoms with E-state index in [9.17, 15) is 0 Å². The van der Waals surface area contributed by atoms with E-state index in [4.69, 9.17) is 11.5 Å². The van der Waals surface area contributed by atoms with E-state index in [1.165, 1.54) is 50.1 Å². The van der Waals surface area contributed by atoms with E-state index in [1.807, 2.05) is 42.5 Å². The Morgan fingerprint density at radius 2 is 1.14 bits per heavy atom. The van der Waals surface area contributed by atoms with Gasteiger partial charge in [-0.2, -0.15) is 0 Å². The zero-order valence-corrected chi connectivity index (χ0v) is 28.4. The molecule has 0 fully saturated rings. The summed E-state index contributed by atoms with van der Waals surface area (Å²) in [5, 5.41) is 5.59. The van der Waals surface area contributed by atoms with Crippen LogP contribution in [0.2, 0.25) is 0 Å². The normalized spacial score (nSPS) is 11.2. The van der Waals surface area contributed by atoms with Gasteiger partial charge >= 0.3 is 0 Å². The number of fused-ring (bicyclic) bond motifs is 4. The van der Waals surface area contributed by atoms with Gasteiger partial charge in [-0.05, 0) is 70.1 Å². The van der Waals surface area contributed by atoms with Gasteiger partial charge in [0.25, 0.3) is 0 Å². The van der Waals surface area contributed by atoms with Crippen LogP contribution in [0.25, 0.3) is 61.4 Å². The van der Waals surface area contributed by atoms with E-state index in [2.05, 4.69) is 145 Å². The molecule has 0 aliphatic heterocycles. The van der Waals surface area contributed by atoms with E-state index >= 15 is 0 Å². The van der Waals surface area contributed by atoms with E-state index in [0.29, 0.717) is 11.4 Å². The molecule has 0 spiro atoms. The minimum Gasteiger partial charge on any atom is -0.397 e. The summed E-state index contributed by atoms with van der Waals surface area (Å²) in [6.07, 6.45) is 8.40. The van der Waals surface area contributed by atoms with Crippen molar-refractivity contribution in [2.45, 2.75) is 19.8 Å². The molecule has 244 valence electrons. The lowest BCUT2D eigenvalue weighted by atomic mass is 9.99. The van der Waals surface area contributed by atoms with Crippen molar-refractivity contribution in [2.75, 3.05) is 11.5 Å². The Hall–Kier alpha value is -6.32. The number of allylic oxidation sites excluding steroid dienone is 1. The summed E-state index contributed by atoms with van der Waals surface area (Å²) in [5.74, 6) is 0. The molecule has 0 radical (unpaired) electrons. The maximum atomic E-state index is 6.06. The average Bonchev–Trinajstić information content (AvgIpc) is 3.50. The molecule has 4 N–H and O–H groups in total. The first-order valence-electron chi connectivity index (χ1n) is 17.2. The topological polar surface area (TPSA) is 57.0 Å². The lowest BCUT2D eigenvalue weighted by Crippen LogP contribution is -2.01. The molecule has 0 atom stereocenters. The third kappa shape index (κ3) is 6.18. The first-order valence-corrected chi connectivity index (χ1v) is 17.2. The Morgan fingerprint density at radius 3 is 1.76 bits per heavy atom. The second kappa shape index (κ2) is 14.4. The fourth-order valence-corrected chi connectivity index (χ4v) is 6.93. The van der Waals surface area contributed by atoms with E-state index in [1.54, 1.807) is 0 Å². The Bertz CT molecular complexity index is 2410. The zero-order chi connectivity index (χ0) is 34.5. The van der Waals surface area contributed by atoms with E-state index in [0.717, 1.165) is 34.4 Å². The van der Waals surface area contributed by atoms with Crippen LogP contribution in [0.15, 0.2) is 164 Å². The van der Waals surface area contributed by atoms with Crippen molar-refractivity contribution in [3.8, 4) is 16.8 Å². The third-order valence-corrected chi connectivity index (χ3v) is 9.46. The summed E-state index contributed by atoms with van der Waals surface area (Å²) < 4.78 is 2.40. The van der Waals surface area contributed by atoms with Gasteiger partial charge in [0.05, 0.1) is 22.6 Å². The summed E-state index contributed by atoms with van der Waals surface area (Å²) in [6, 6.07) is 52.8. The Kier molecular flexibility index (Phi) is 9.30. The van der Waals surface area contributed by atoms with Crippen molar-refractivity contribution in [2.24, 2.45) is 0 Å². The SMILES string of the molecule is C=Cc1c(/C=C\Cc2ccccc2)n(-c2ccccc2CC)c2ccc(-c3ccccc3)cc12.Nc1c(N)c2ccccc2c2ccccc12. The van der Waals surface area contributed by atoms with Crippen LogP contribution < -0.4 is 11.5 Å². The van der Waals surface area contributed by atoms with Gasteiger partial charge in [0.15, 0.2) is 0 Å². The number of aromatic nitrogens is 1. The van der Waals surface area contributed by atoms with Crippen LogP contribution in [-0.2, 0) is 12.8 Å². The number of nitrogens with two attached hydrogens (primary N) is 2. The van der Waals surface area contributed by atoms with Crippen LogP contribution in [0, 0.1) is 0 Å². The molecule has 0 aliphatic rings. The largest absolute Gasteiger partial charge is 0.397 e. The second-order valence-electron chi connectivity index (χ2n) is 12.4. The van der Waals surface area contributed by atoms with Gasteiger partial charge in [-0.25, -0.2) is 0 Å². The molecule has 8 rings (SSSR count). The Labute approximate surface area is 294 Å². The number of rotatable bonds is 7. The van der Waals surface area contributed by atoms with Crippen molar-refractivity contribution in [3.05, 3.63) is 187 Å². The predicted octanol–water partition coefficient (Wildman–Crippen LogP) is 11.9. The highest BCUT2D eigenvalue weighted by atomic mass is 15.0. The molecule has 0 amide bonds. The highest BCUT2D eigenvalue weighted by Crippen LogP contribution is 2.37. The summed E-state index contributed by atoms with van der Waals surface area (Å²) in [7, 11) is 0. The molecule has 1 aromatic heterocycles. The molecular weight excluding hydrogens is 607 g/mol. The smallest absolute Gasteiger partial charge is 0.0634 e. The quantitative estimate of drug-likeness (QED) is 0.103. The molecule has 8 aromatic rings. The van der Waals surface area contributed by atoms with Crippen molar-refractivity contribution in [1.82, 2.24) is 4.57 Å². The second-order valence-corrected chi connectivity index (χ2v) is 12.4. The standard InChI is InChI=1S/C33H29N.C14H12N2/c1-3-26-17-11-12-20-31(26)34-32(21-13-16-25-14-7-5-8-15-25)29(4-2)30-24-28(22-23-33(30)34)27-18-9-6-10-19-27;15-13-11-7-3-1-5-9(11)10-6-2-4-8-12(10)14(13)16/h4-15,17-24H,2-3,16H2,1H3;1-8H,15-16H2/b21-13-;. The first-order chi connectivity index (χ1) is 24.6. The number of anilines is 2. The molecule has 0 saturated heterocycles. The average molecular weight is 648 g/mol. The Balaban J connectivity index is 0.000000203. The molecule has 0 bridgehead atoms. The number of benzene rings is 7. The monoisotopic (exact) mass is 647 g/mol. The molecule has 0 aliphatic carbocycles. The van der Waals surface area contributed by atoms with Crippen LogP contribution in [0.3, 0.4) is 0 Å². The van der Waals surface area contributed by atoms with Crippen LogP contribution in [0.5, 0.6) is 0 Å². The van der Waals surface area contributed by atoms with Gasteiger partial charge < -0.3 is 16.0 Å². The molecule has 3 nitrogen and oxygen atoms in total. The molecule has 50 heavy (non-hydrogen) atoms. The number of aryl methyl sites for hydroxylation is 1. The summed E-state index contributed by atoms with van der Waals surface area (Å²) in [4.78, 5) is 0. The number of hydrogen-bond acceptors (Lipinski definition) is 2. The van der Waals surface area contributed by atoms with Gasteiger partial charge in [-0.3, -0.25) is 0 Å². The van der Waals surface area contributed by atoms with Crippen LogP contribution in [0.4, 0.5) is 11.4 Å². The van der Waals surface area contributed by atoms with Gasteiger partial charge in [-0.1, -0.05) is 159 Å². The van der Waals surface area contributed by atoms with Gasteiger partial charge in [-0.15, -0.1) is 0 Å². The maximum Gasteiger partial charge on any atom is 0.0634 e. The lowest BCUT2D eigenvalue weighted by Gasteiger charge is -2.14. The Morgan fingerprint density at radius 1 is 0.580 bits per heavy atom. The minimum absolute atomic E-state index is 0.675. The predicted molar refractivity (Wildman–Crippen MR) is 218 cm³/mol. The number of hydrogen-bond donors (Lipinski definition) is 2. The summed E-state index contributed by atoms with van der Waals surface area (Å²) in [6.45, 7) is 6.43. The molecule has 0 saturated carbocycles. The van der Waals surface area contributed by atoms with Crippen LogP contribution in [0.1, 0.15) is 29.3 Å². The van der Waals surface area contributed by atoms with Gasteiger partial charge in [0, 0.05) is 27.4 Å². The van der Waals surface area contributed by atoms with Crippen molar-refractivity contribution < 1.29 is 0 Å². The van der Waals surface area contributed by atoms with E-state index < -0.39 is 0 Å². The van der Waals surface area contributed by atoms with Crippen molar-refractivity contribution in [3.63, 3.8) is 0 Å². The zero-order valence-electron chi connectivity index (χ0n) is 28.4. The molecule has 0 unspecified atom stereocenters. The summed E-state index contributed by atoms with van der Waals surface area (Å²) >= 11 is 0. The van der Waals surface area contributed by atoms with Crippen molar-refractivity contribution in [1.29, 1.82) is 0 Å². The first kappa shape index (κ1) is 32.2. The fraction of sp³-hybridized carbons (Fsp3) is 0.0638. The van der Waals surface area contributed by atoms with Crippen LogP contribution in [-0.4, -0.2) is 4.57 Å². The lowest BCUT2D eigenvalue weighted by molar-refractivity contribution is 1.03. The molecule has 3 heteroatoms. The van der Waals surface area contributed by atoms with Gasteiger partial charge in [0.2, 0.25) is 0 Å². The number of nitrogen functional groups attached to an aromatic ring is 2. The maximum absolute atomic E-state index is 6.06. The van der Waals surface area contributed by atoms with Gasteiger partial charge in [0.1, 0.15) is 0 Å². The molecule has 1 heterocycles. The third-order valence-electron chi connectivity index (χ3n) is 9.46. The number of nitrogens with zero attached hydrogens (tertiary/aromatic N) is 1. The summed E-state index contributed by atoms with van der Waals surface area (Å²) in [5.41, 5.74) is 23.3. The fourth-order valence-electron chi connectivity index (χ4n) is 6.93. The number of para-hydroxylation sites is 1. The highest BCUT2D eigenvalue weighted by Gasteiger charge is 2.17. The highest BCUT2D eigenvalue weighted by molar-refractivity contribution is 6.18. The minimum atomic E-state index is 0.675. The van der Waals surface area contributed by atoms with Crippen molar-refractivity contribution >= 4 is 56.0 Å².